The molecule has 0 N–H and O–H groups in total. The van der Waals surface area contributed by atoms with Crippen molar-refractivity contribution in [3.63, 3.8) is 0 Å². The Hall–Kier alpha value is -1.07. The first kappa shape index (κ1) is 9.48. The normalized spacial score (nSPS) is 18.4. The number of hydrogen-bond donors (Lipinski definition) is 0. The number of benzene rings is 1. The van der Waals surface area contributed by atoms with Crippen molar-refractivity contribution < 1.29 is 4.39 Å². The first-order valence-electron chi connectivity index (χ1n) is 4.55. The molecule has 1 aromatic carbocycles. The summed E-state index contributed by atoms with van der Waals surface area (Å²) >= 11 is 5.95. The van der Waals surface area contributed by atoms with Crippen LogP contribution in [0.5, 0.6) is 0 Å². The van der Waals surface area contributed by atoms with Crippen molar-refractivity contribution in [1.29, 1.82) is 5.26 Å². The maximum absolute atomic E-state index is 13.0. The Labute approximate surface area is 87.1 Å². The van der Waals surface area contributed by atoms with E-state index in [0.717, 1.165) is 19.3 Å². The lowest BCUT2D eigenvalue weighted by Crippen LogP contribution is -2.32. The summed E-state index contributed by atoms with van der Waals surface area (Å²) in [6.45, 7) is 0. The number of nitrogens with zero attached hydrogens (tertiary/aromatic N) is 1. The van der Waals surface area contributed by atoms with Gasteiger partial charge in [-0.1, -0.05) is 11.6 Å². The van der Waals surface area contributed by atoms with Gasteiger partial charge in [0.05, 0.1) is 11.5 Å². The van der Waals surface area contributed by atoms with E-state index in [2.05, 4.69) is 6.07 Å². The minimum absolute atomic E-state index is 0.328. The van der Waals surface area contributed by atoms with E-state index in [9.17, 15) is 4.39 Å². The van der Waals surface area contributed by atoms with Crippen LogP contribution < -0.4 is 0 Å². The smallest absolute Gasteiger partial charge is 0.123 e. The van der Waals surface area contributed by atoms with Gasteiger partial charge in [-0.05, 0) is 43.0 Å². The molecule has 0 radical (unpaired) electrons. The molecule has 0 amide bonds. The largest absolute Gasteiger partial charge is 0.207 e. The van der Waals surface area contributed by atoms with Crippen molar-refractivity contribution in [2.75, 3.05) is 0 Å². The fourth-order valence-corrected chi connectivity index (χ4v) is 2.13. The third-order valence-electron chi connectivity index (χ3n) is 2.87. The van der Waals surface area contributed by atoms with Gasteiger partial charge in [-0.2, -0.15) is 5.26 Å². The highest BCUT2D eigenvalue weighted by atomic mass is 35.5. The van der Waals surface area contributed by atoms with Crippen molar-refractivity contribution in [2.45, 2.75) is 24.7 Å². The van der Waals surface area contributed by atoms with Crippen molar-refractivity contribution in [1.82, 2.24) is 0 Å². The predicted octanol–water partition coefficient (Wildman–Crippen LogP) is 3.42. The van der Waals surface area contributed by atoms with Gasteiger partial charge in [0, 0.05) is 5.02 Å². The van der Waals surface area contributed by atoms with Gasteiger partial charge in [0.1, 0.15) is 5.82 Å². The molecule has 0 atom stereocenters. The highest BCUT2D eigenvalue weighted by molar-refractivity contribution is 6.31. The van der Waals surface area contributed by atoms with Gasteiger partial charge in [0.2, 0.25) is 0 Å². The molecule has 0 bridgehead atoms. The summed E-state index contributed by atoms with van der Waals surface area (Å²) in [5.74, 6) is -0.328. The van der Waals surface area contributed by atoms with E-state index in [0.29, 0.717) is 10.6 Å². The minimum atomic E-state index is -0.529. The molecule has 1 aliphatic carbocycles. The Bertz CT molecular complexity index is 404. The van der Waals surface area contributed by atoms with Crippen LogP contribution in [-0.4, -0.2) is 0 Å². The third kappa shape index (κ3) is 1.29. The first-order valence-corrected chi connectivity index (χ1v) is 4.92. The van der Waals surface area contributed by atoms with Crippen LogP contribution in [0.15, 0.2) is 18.2 Å². The van der Waals surface area contributed by atoms with E-state index in [1.165, 1.54) is 18.2 Å². The molecule has 0 unspecified atom stereocenters. The Balaban J connectivity index is 2.50. The van der Waals surface area contributed by atoms with Gasteiger partial charge in [-0.3, -0.25) is 0 Å². The quantitative estimate of drug-likeness (QED) is 0.695. The summed E-state index contributed by atoms with van der Waals surface area (Å²) < 4.78 is 13.0. The molecule has 72 valence electrons. The van der Waals surface area contributed by atoms with E-state index >= 15 is 0 Å². The fraction of sp³-hybridized carbons (Fsp3) is 0.364. The molecule has 1 nitrogen and oxygen atoms in total. The van der Waals surface area contributed by atoms with Crippen LogP contribution >= 0.6 is 11.6 Å². The molecule has 1 fully saturated rings. The summed E-state index contributed by atoms with van der Waals surface area (Å²) in [6.07, 6.45) is 2.58. The average molecular weight is 210 g/mol. The summed E-state index contributed by atoms with van der Waals surface area (Å²) in [5.41, 5.74) is 0.118. The zero-order valence-corrected chi connectivity index (χ0v) is 8.31. The van der Waals surface area contributed by atoms with Gasteiger partial charge >= 0.3 is 0 Å². The van der Waals surface area contributed by atoms with Gasteiger partial charge in [-0.25, -0.2) is 4.39 Å². The maximum atomic E-state index is 13.0. The molecule has 0 spiro atoms. The lowest BCUT2D eigenvalue weighted by molar-refractivity contribution is 0.323. The molecule has 14 heavy (non-hydrogen) atoms. The van der Waals surface area contributed by atoms with E-state index in [-0.39, 0.29) is 5.82 Å². The third-order valence-corrected chi connectivity index (χ3v) is 3.19. The van der Waals surface area contributed by atoms with E-state index in [4.69, 9.17) is 16.9 Å². The number of nitriles is 1. The first-order chi connectivity index (χ1) is 6.68. The maximum Gasteiger partial charge on any atom is 0.123 e. The van der Waals surface area contributed by atoms with Gasteiger partial charge in [0.15, 0.2) is 0 Å². The second kappa shape index (κ2) is 3.25. The Morgan fingerprint density at radius 1 is 1.43 bits per heavy atom. The lowest BCUT2D eigenvalue weighted by atomic mass is 9.65. The molecular weight excluding hydrogens is 201 g/mol. The standard InChI is InChI=1S/C11H9ClFN/c12-10-3-2-8(13)6-9(10)11(7-14)4-1-5-11/h2-3,6H,1,4-5H2. The summed E-state index contributed by atoms with van der Waals surface area (Å²) in [7, 11) is 0. The van der Waals surface area contributed by atoms with Crippen LogP contribution in [0.2, 0.25) is 5.02 Å². The minimum Gasteiger partial charge on any atom is -0.207 e. The fourth-order valence-electron chi connectivity index (χ4n) is 1.84. The molecular formula is C11H9ClFN. The molecule has 1 saturated carbocycles. The second-order valence-electron chi connectivity index (χ2n) is 3.67. The van der Waals surface area contributed by atoms with Crippen molar-refractivity contribution in [2.24, 2.45) is 0 Å². The van der Waals surface area contributed by atoms with Crippen LogP contribution in [-0.2, 0) is 5.41 Å². The van der Waals surface area contributed by atoms with Crippen LogP contribution in [0.25, 0.3) is 0 Å². The van der Waals surface area contributed by atoms with Crippen molar-refractivity contribution >= 4 is 11.6 Å². The topological polar surface area (TPSA) is 23.8 Å². The van der Waals surface area contributed by atoms with Crippen molar-refractivity contribution in [3.8, 4) is 6.07 Å². The summed E-state index contributed by atoms with van der Waals surface area (Å²) in [5, 5.41) is 9.57. The highest BCUT2D eigenvalue weighted by Gasteiger charge is 2.40. The predicted molar refractivity (Wildman–Crippen MR) is 52.6 cm³/mol. The lowest BCUT2D eigenvalue weighted by Gasteiger charge is -2.36. The van der Waals surface area contributed by atoms with E-state index < -0.39 is 5.41 Å². The Kier molecular flexibility index (Phi) is 2.20. The summed E-state index contributed by atoms with van der Waals surface area (Å²) in [6, 6.07) is 6.46. The molecule has 1 aromatic rings. The average Bonchev–Trinajstić information content (AvgIpc) is 2.10. The molecule has 0 saturated heterocycles. The zero-order valence-electron chi connectivity index (χ0n) is 7.56. The van der Waals surface area contributed by atoms with Crippen LogP contribution in [0, 0.1) is 17.1 Å². The van der Waals surface area contributed by atoms with Crippen molar-refractivity contribution in [3.05, 3.63) is 34.6 Å². The molecule has 0 heterocycles. The molecule has 2 rings (SSSR count). The number of halogens is 2. The van der Waals surface area contributed by atoms with E-state index in [1.807, 2.05) is 0 Å². The second-order valence-corrected chi connectivity index (χ2v) is 4.08. The molecule has 1 aliphatic rings. The Morgan fingerprint density at radius 3 is 2.64 bits per heavy atom. The van der Waals surface area contributed by atoms with E-state index in [1.54, 1.807) is 0 Å². The highest BCUT2D eigenvalue weighted by Crippen LogP contribution is 2.45. The van der Waals surface area contributed by atoms with Gasteiger partial charge in [0.25, 0.3) is 0 Å². The molecule has 0 aromatic heterocycles. The summed E-state index contributed by atoms with van der Waals surface area (Å²) in [4.78, 5) is 0. The van der Waals surface area contributed by atoms with Crippen LogP contribution in [0.3, 0.4) is 0 Å². The van der Waals surface area contributed by atoms with Crippen LogP contribution in [0.1, 0.15) is 24.8 Å². The van der Waals surface area contributed by atoms with Gasteiger partial charge in [-0.15, -0.1) is 0 Å². The number of rotatable bonds is 1. The molecule has 3 heteroatoms. The monoisotopic (exact) mass is 209 g/mol. The molecule has 0 aliphatic heterocycles. The zero-order chi connectivity index (χ0) is 10.2. The SMILES string of the molecule is N#CC1(c2cc(F)ccc2Cl)CCC1. The van der Waals surface area contributed by atoms with Gasteiger partial charge < -0.3 is 0 Å². The number of hydrogen-bond acceptors (Lipinski definition) is 1. The Morgan fingerprint density at radius 2 is 2.14 bits per heavy atom. The van der Waals surface area contributed by atoms with Crippen LogP contribution in [0.4, 0.5) is 4.39 Å².